The summed E-state index contributed by atoms with van der Waals surface area (Å²) in [4.78, 5) is 10.4. The number of rotatable bonds is 5. The molecule has 2 amide bonds. The second-order valence-electron chi connectivity index (χ2n) is 5.18. The van der Waals surface area contributed by atoms with Gasteiger partial charge in [0.15, 0.2) is 11.7 Å². The number of hydrogen-bond acceptors (Lipinski definition) is 4. The van der Waals surface area contributed by atoms with Gasteiger partial charge < -0.3 is 10.5 Å². The summed E-state index contributed by atoms with van der Waals surface area (Å²) in [6.07, 6.45) is 0. The lowest BCUT2D eigenvalue weighted by Gasteiger charge is -2.38. The van der Waals surface area contributed by atoms with E-state index in [4.69, 9.17) is 0 Å². The Morgan fingerprint density at radius 2 is 1.67 bits per heavy atom. The molecule has 0 saturated carbocycles. The maximum absolute atomic E-state index is 14.9. The normalized spacial score (nSPS) is 26.1. The quantitative estimate of drug-likeness (QED) is 0.506. The smallest absolute Gasteiger partial charge is 0.324 e. The van der Waals surface area contributed by atoms with E-state index in [2.05, 4.69) is 10.5 Å². The fraction of sp³-hybridized carbons (Fsp3) is 0.214. The van der Waals surface area contributed by atoms with E-state index in [1.54, 1.807) is 0 Å². The highest BCUT2D eigenvalue weighted by molar-refractivity contribution is 7.89. The summed E-state index contributed by atoms with van der Waals surface area (Å²) in [6, 6.07) is 4.11. The third-order valence-electron chi connectivity index (χ3n) is 3.53. The van der Waals surface area contributed by atoms with Crippen molar-refractivity contribution in [2.75, 3.05) is 7.11 Å². The number of alkyl halides is 2. The molecular weight excluding hydrogens is 401 g/mol. The van der Waals surface area contributed by atoms with Gasteiger partial charge in [-0.05, 0) is 12.1 Å². The fourth-order valence-corrected chi connectivity index (χ4v) is 3.31. The Morgan fingerprint density at radius 1 is 1.11 bits per heavy atom. The Bertz CT molecular complexity index is 937. The van der Waals surface area contributed by atoms with Gasteiger partial charge in [0.25, 0.3) is 10.0 Å². The zero-order valence-electron chi connectivity index (χ0n) is 13.4. The first kappa shape index (κ1) is 20.6. The van der Waals surface area contributed by atoms with Gasteiger partial charge in [0.05, 0.1) is 4.90 Å². The second kappa shape index (κ2) is 6.81. The summed E-state index contributed by atoms with van der Waals surface area (Å²) in [6.45, 7) is 0. The Morgan fingerprint density at radius 3 is 2.15 bits per heavy atom. The molecule has 0 aliphatic heterocycles. The highest BCUT2D eigenvalue weighted by Crippen LogP contribution is 2.49. The summed E-state index contributed by atoms with van der Waals surface area (Å²) >= 11 is 0. The molecule has 0 radical (unpaired) electrons. The zero-order chi connectivity index (χ0) is 20.6. The molecule has 148 valence electrons. The van der Waals surface area contributed by atoms with Crippen molar-refractivity contribution >= 4 is 16.1 Å². The highest BCUT2D eigenvalue weighted by atomic mass is 32.2. The molecule has 7 nitrogen and oxygen atoms in total. The fourth-order valence-electron chi connectivity index (χ4n) is 2.23. The molecule has 0 heterocycles. The number of methoxy groups -OCH3 is 1. The molecule has 1 aliphatic rings. The molecule has 13 heteroatoms. The van der Waals surface area contributed by atoms with Crippen molar-refractivity contribution in [2.24, 2.45) is 5.73 Å². The van der Waals surface area contributed by atoms with Crippen molar-refractivity contribution in [3.8, 4) is 0 Å². The van der Waals surface area contributed by atoms with Gasteiger partial charge in [-0.1, -0.05) is 18.2 Å². The van der Waals surface area contributed by atoms with Crippen LogP contribution in [-0.4, -0.2) is 33.2 Å². The maximum Gasteiger partial charge on any atom is 0.324 e. The summed E-state index contributed by atoms with van der Waals surface area (Å²) in [5.74, 6) is -16.6. The SMILES string of the molecule is COC1(F)C(F)=C(F)C(NS(=O)(=O)c2ccccc2)=C(F)C1(F)NC(N)=O. The average molecular weight is 413 g/mol. The molecule has 1 aromatic carbocycles. The number of primary amides is 1. The monoisotopic (exact) mass is 413 g/mol. The Balaban J connectivity index is 2.66. The Hall–Kier alpha value is -2.67. The largest absolute Gasteiger partial charge is 0.352 e. The topological polar surface area (TPSA) is 111 Å². The van der Waals surface area contributed by atoms with Crippen molar-refractivity contribution in [1.29, 1.82) is 0 Å². The predicted octanol–water partition coefficient (Wildman–Crippen LogP) is 1.96. The lowest BCUT2D eigenvalue weighted by atomic mass is 9.95. The van der Waals surface area contributed by atoms with Crippen LogP contribution in [-0.2, 0) is 14.8 Å². The van der Waals surface area contributed by atoms with Crippen molar-refractivity contribution in [2.45, 2.75) is 16.5 Å². The molecule has 1 aliphatic carbocycles. The first-order chi connectivity index (χ1) is 12.4. The number of urea groups is 1. The van der Waals surface area contributed by atoms with Crippen LogP contribution in [0.2, 0.25) is 0 Å². The number of carbonyl (C=O) groups excluding carboxylic acids is 1. The van der Waals surface area contributed by atoms with E-state index in [9.17, 15) is 35.2 Å². The molecule has 0 spiro atoms. The molecule has 4 N–H and O–H groups in total. The van der Waals surface area contributed by atoms with E-state index in [1.807, 2.05) is 0 Å². The number of nitrogens with two attached hydrogens (primary N) is 1. The van der Waals surface area contributed by atoms with Crippen LogP contribution in [0.1, 0.15) is 0 Å². The van der Waals surface area contributed by atoms with Crippen molar-refractivity contribution in [1.82, 2.24) is 10.0 Å². The molecular formula is C14H12F5N3O4S. The van der Waals surface area contributed by atoms with Crippen molar-refractivity contribution in [3.05, 3.63) is 53.5 Å². The first-order valence-corrected chi connectivity index (χ1v) is 8.44. The Kier molecular flexibility index (Phi) is 5.21. The highest BCUT2D eigenvalue weighted by Gasteiger charge is 2.67. The summed E-state index contributed by atoms with van der Waals surface area (Å²) in [5, 5.41) is 0.920. The van der Waals surface area contributed by atoms with E-state index in [0.717, 1.165) is 17.4 Å². The minimum Gasteiger partial charge on any atom is -0.352 e. The van der Waals surface area contributed by atoms with Crippen LogP contribution in [0.25, 0.3) is 0 Å². The summed E-state index contributed by atoms with van der Waals surface area (Å²) in [5.41, 5.74) is 2.71. The maximum atomic E-state index is 14.9. The predicted molar refractivity (Wildman–Crippen MR) is 81.5 cm³/mol. The van der Waals surface area contributed by atoms with E-state index in [1.165, 1.54) is 22.9 Å². The number of hydrogen-bond donors (Lipinski definition) is 3. The lowest BCUT2D eigenvalue weighted by molar-refractivity contribution is -0.202. The number of benzene rings is 1. The van der Waals surface area contributed by atoms with Crippen molar-refractivity contribution < 1.29 is 39.9 Å². The van der Waals surface area contributed by atoms with Crippen LogP contribution >= 0.6 is 0 Å². The van der Waals surface area contributed by atoms with Crippen LogP contribution < -0.4 is 15.8 Å². The number of amides is 2. The van der Waals surface area contributed by atoms with Crippen LogP contribution in [0.15, 0.2) is 58.4 Å². The van der Waals surface area contributed by atoms with Crippen LogP contribution in [0, 0.1) is 0 Å². The molecule has 2 unspecified atom stereocenters. The van der Waals surface area contributed by atoms with Gasteiger partial charge in [0, 0.05) is 7.11 Å². The van der Waals surface area contributed by atoms with Gasteiger partial charge in [-0.25, -0.2) is 30.8 Å². The number of carbonyl (C=O) groups is 1. The van der Waals surface area contributed by atoms with E-state index >= 15 is 0 Å². The minimum absolute atomic E-state index is 0.357. The first-order valence-electron chi connectivity index (χ1n) is 6.95. The average Bonchev–Trinajstić information content (AvgIpc) is 2.62. The van der Waals surface area contributed by atoms with Gasteiger partial charge in [-0.15, -0.1) is 0 Å². The van der Waals surface area contributed by atoms with E-state index in [-0.39, 0.29) is 0 Å². The van der Waals surface area contributed by atoms with Crippen LogP contribution in [0.4, 0.5) is 26.7 Å². The number of sulfonamides is 1. The minimum atomic E-state index is -4.73. The van der Waals surface area contributed by atoms with Crippen molar-refractivity contribution in [3.63, 3.8) is 0 Å². The van der Waals surface area contributed by atoms with Gasteiger partial charge in [0.1, 0.15) is 5.70 Å². The van der Waals surface area contributed by atoms with Gasteiger partial charge >= 0.3 is 17.7 Å². The molecule has 0 saturated heterocycles. The summed E-state index contributed by atoms with van der Waals surface area (Å²) in [7, 11) is -4.38. The van der Waals surface area contributed by atoms with E-state index in [0.29, 0.717) is 7.11 Å². The number of ether oxygens (including phenoxy) is 1. The second-order valence-corrected chi connectivity index (χ2v) is 6.87. The standard InChI is InChI=1S/C14H12F5N3O4S/c1-26-14(19)10(16)8(15)9(11(17)13(14,18)21-12(20)23)22-27(24,25)7-5-3-2-4-6-7/h2-6,22H,1H3,(H3,20,21,23). The molecule has 0 aromatic heterocycles. The van der Waals surface area contributed by atoms with Crippen LogP contribution in [0.3, 0.4) is 0 Å². The number of nitrogens with one attached hydrogen (secondary N) is 2. The molecule has 0 fully saturated rings. The molecule has 2 atom stereocenters. The molecule has 1 aromatic rings. The van der Waals surface area contributed by atoms with Gasteiger partial charge in [-0.2, -0.15) is 4.39 Å². The summed E-state index contributed by atoms with van der Waals surface area (Å²) < 4.78 is 102. The third-order valence-corrected chi connectivity index (χ3v) is 4.89. The van der Waals surface area contributed by atoms with Gasteiger partial charge in [-0.3, -0.25) is 10.0 Å². The molecule has 0 bridgehead atoms. The number of halogens is 5. The molecule has 27 heavy (non-hydrogen) atoms. The lowest BCUT2D eigenvalue weighted by Crippen LogP contribution is -2.64. The van der Waals surface area contributed by atoms with Crippen LogP contribution in [0.5, 0.6) is 0 Å². The van der Waals surface area contributed by atoms with Gasteiger partial charge in [0.2, 0.25) is 5.83 Å². The Labute approximate surface area is 149 Å². The van der Waals surface area contributed by atoms with E-state index < -0.39 is 55.8 Å². The zero-order valence-corrected chi connectivity index (χ0v) is 14.2. The molecule has 2 rings (SSSR count). The number of allylic oxidation sites excluding steroid dienone is 1. The third kappa shape index (κ3) is 3.23.